The monoisotopic (exact) mass is 289 g/mol. The number of rotatable bonds is 6. The first-order valence-corrected chi connectivity index (χ1v) is 8.12. The van der Waals surface area contributed by atoms with Crippen LogP contribution in [0.2, 0.25) is 0 Å². The van der Waals surface area contributed by atoms with Crippen molar-refractivity contribution in [2.24, 2.45) is 0 Å². The summed E-state index contributed by atoms with van der Waals surface area (Å²) in [7, 11) is 0. The molecular formula is C16H23N3S. The van der Waals surface area contributed by atoms with Gasteiger partial charge in [-0.2, -0.15) is 0 Å². The van der Waals surface area contributed by atoms with Gasteiger partial charge >= 0.3 is 0 Å². The third kappa shape index (κ3) is 3.25. The third-order valence-electron chi connectivity index (χ3n) is 3.62. The molecule has 0 amide bonds. The molecule has 1 unspecified atom stereocenters. The van der Waals surface area contributed by atoms with E-state index in [-0.39, 0.29) is 0 Å². The van der Waals surface area contributed by atoms with E-state index in [0.717, 1.165) is 29.4 Å². The lowest BCUT2D eigenvalue weighted by Crippen LogP contribution is -2.21. The Morgan fingerprint density at radius 1 is 1.20 bits per heavy atom. The molecule has 0 saturated heterocycles. The highest BCUT2D eigenvalue weighted by Crippen LogP contribution is 2.31. The average molecular weight is 289 g/mol. The van der Waals surface area contributed by atoms with Crippen molar-refractivity contribution < 1.29 is 0 Å². The molecule has 1 N–H and O–H groups in total. The molecule has 0 saturated carbocycles. The van der Waals surface area contributed by atoms with Crippen LogP contribution in [-0.4, -0.2) is 16.7 Å². The SMILES string of the molecule is CCCNC(CC)c1nnc(-c2cccc(C)c2C)s1. The molecule has 0 spiro atoms. The quantitative estimate of drug-likeness (QED) is 0.863. The largest absolute Gasteiger partial charge is 0.308 e. The van der Waals surface area contributed by atoms with Crippen molar-refractivity contribution in [3.05, 3.63) is 34.3 Å². The molecule has 0 aliphatic carbocycles. The van der Waals surface area contributed by atoms with E-state index in [4.69, 9.17) is 0 Å². The van der Waals surface area contributed by atoms with E-state index in [9.17, 15) is 0 Å². The van der Waals surface area contributed by atoms with Gasteiger partial charge in [-0.1, -0.05) is 43.4 Å². The fourth-order valence-electron chi connectivity index (χ4n) is 2.19. The van der Waals surface area contributed by atoms with Crippen LogP contribution in [0.15, 0.2) is 18.2 Å². The van der Waals surface area contributed by atoms with Crippen molar-refractivity contribution in [1.29, 1.82) is 0 Å². The van der Waals surface area contributed by atoms with Crippen LogP contribution in [0.25, 0.3) is 10.6 Å². The van der Waals surface area contributed by atoms with Crippen LogP contribution in [0.4, 0.5) is 0 Å². The summed E-state index contributed by atoms with van der Waals surface area (Å²) in [6.45, 7) is 9.68. The summed E-state index contributed by atoms with van der Waals surface area (Å²) in [5.74, 6) is 0. The van der Waals surface area contributed by atoms with E-state index in [0.29, 0.717) is 6.04 Å². The maximum Gasteiger partial charge on any atom is 0.148 e. The van der Waals surface area contributed by atoms with E-state index in [1.165, 1.54) is 16.7 Å². The van der Waals surface area contributed by atoms with E-state index in [1.807, 2.05) is 0 Å². The Kier molecular flexibility index (Phi) is 5.26. The number of aryl methyl sites for hydroxylation is 1. The van der Waals surface area contributed by atoms with Gasteiger partial charge in [0.05, 0.1) is 6.04 Å². The van der Waals surface area contributed by atoms with Crippen molar-refractivity contribution >= 4 is 11.3 Å². The fourth-order valence-corrected chi connectivity index (χ4v) is 3.28. The van der Waals surface area contributed by atoms with Gasteiger partial charge in [0, 0.05) is 5.56 Å². The maximum absolute atomic E-state index is 4.39. The minimum atomic E-state index is 0.325. The summed E-state index contributed by atoms with van der Waals surface area (Å²) in [6, 6.07) is 6.68. The normalized spacial score (nSPS) is 12.6. The molecule has 2 aromatic rings. The molecule has 1 heterocycles. The van der Waals surface area contributed by atoms with Gasteiger partial charge in [-0.3, -0.25) is 0 Å². The second kappa shape index (κ2) is 6.95. The van der Waals surface area contributed by atoms with Gasteiger partial charge in [-0.25, -0.2) is 0 Å². The fraction of sp³-hybridized carbons (Fsp3) is 0.500. The number of benzene rings is 1. The molecule has 3 nitrogen and oxygen atoms in total. The predicted molar refractivity (Wildman–Crippen MR) is 86.1 cm³/mol. The smallest absolute Gasteiger partial charge is 0.148 e. The van der Waals surface area contributed by atoms with Crippen molar-refractivity contribution in [2.75, 3.05) is 6.54 Å². The molecular weight excluding hydrogens is 266 g/mol. The second-order valence-corrected chi connectivity index (χ2v) is 6.12. The highest BCUT2D eigenvalue weighted by Gasteiger charge is 2.16. The molecule has 108 valence electrons. The van der Waals surface area contributed by atoms with Gasteiger partial charge in [0.15, 0.2) is 0 Å². The number of nitrogens with zero attached hydrogens (tertiary/aromatic N) is 2. The van der Waals surface area contributed by atoms with E-state index >= 15 is 0 Å². The topological polar surface area (TPSA) is 37.8 Å². The van der Waals surface area contributed by atoms with Crippen molar-refractivity contribution in [3.63, 3.8) is 0 Å². The number of hydrogen-bond donors (Lipinski definition) is 1. The van der Waals surface area contributed by atoms with Gasteiger partial charge in [-0.15, -0.1) is 10.2 Å². The van der Waals surface area contributed by atoms with Gasteiger partial charge < -0.3 is 5.32 Å². The Labute approximate surface area is 125 Å². The molecule has 0 bridgehead atoms. The van der Waals surface area contributed by atoms with Crippen molar-refractivity contribution in [2.45, 2.75) is 46.6 Å². The Bertz CT molecular complexity index is 563. The zero-order valence-corrected chi connectivity index (χ0v) is 13.5. The molecule has 2 rings (SSSR count). The van der Waals surface area contributed by atoms with Crippen LogP contribution in [0.5, 0.6) is 0 Å². The van der Waals surface area contributed by atoms with Crippen molar-refractivity contribution in [1.82, 2.24) is 15.5 Å². The minimum absolute atomic E-state index is 0.325. The standard InChI is InChI=1S/C16H23N3S/c1-5-10-17-14(6-2)16-19-18-15(20-16)13-9-7-8-11(3)12(13)4/h7-9,14,17H,5-6,10H2,1-4H3. The summed E-state index contributed by atoms with van der Waals surface area (Å²) in [6.07, 6.45) is 2.18. The lowest BCUT2D eigenvalue weighted by atomic mass is 10.0. The molecule has 1 aromatic carbocycles. The highest BCUT2D eigenvalue weighted by molar-refractivity contribution is 7.14. The zero-order valence-electron chi connectivity index (χ0n) is 12.7. The molecule has 1 atom stereocenters. The Morgan fingerprint density at radius 2 is 2.00 bits per heavy atom. The van der Waals surface area contributed by atoms with E-state index in [1.54, 1.807) is 11.3 Å². The first-order valence-electron chi connectivity index (χ1n) is 7.30. The minimum Gasteiger partial charge on any atom is -0.308 e. The van der Waals surface area contributed by atoms with Crippen LogP contribution in [0, 0.1) is 13.8 Å². The van der Waals surface area contributed by atoms with Gasteiger partial charge in [0.25, 0.3) is 0 Å². The van der Waals surface area contributed by atoms with Crippen LogP contribution in [0.1, 0.15) is 48.9 Å². The van der Waals surface area contributed by atoms with Gasteiger partial charge in [0.1, 0.15) is 10.0 Å². The molecule has 20 heavy (non-hydrogen) atoms. The lowest BCUT2D eigenvalue weighted by molar-refractivity contribution is 0.513. The molecule has 0 aliphatic rings. The predicted octanol–water partition coefficient (Wildman–Crippen LogP) is 4.27. The third-order valence-corrected chi connectivity index (χ3v) is 4.69. The first-order chi connectivity index (χ1) is 9.67. The molecule has 4 heteroatoms. The Morgan fingerprint density at radius 3 is 2.70 bits per heavy atom. The highest BCUT2D eigenvalue weighted by atomic mass is 32.1. The van der Waals surface area contributed by atoms with E-state index in [2.05, 4.69) is 61.4 Å². The Hall–Kier alpha value is -1.26. The molecule has 1 aromatic heterocycles. The summed E-state index contributed by atoms with van der Waals surface area (Å²) in [4.78, 5) is 0. The number of aromatic nitrogens is 2. The zero-order chi connectivity index (χ0) is 14.5. The number of nitrogens with one attached hydrogen (secondary N) is 1. The average Bonchev–Trinajstić information content (AvgIpc) is 2.92. The van der Waals surface area contributed by atoms with Crippen LogP contribution in [-0.2, 0) is 0 Å². The van der Waals surface area contributed by atoms with Gasteiger partial charge in [0.2, 0.25) is 0 Å². The molecule has 0 radical (unpaired) electrons. The second-order valence-electron chi connectivity index (χ2n) is 5.11. The van der Waals surface area contributed by atoms with Crippen molar-refractivity contribution in [3.8, 4) is 10.6 Å². The maximum atomic E-state index is 4.39. The van der Waals surface area contributed by atoms with E-state index < -0.39 is 0 Å². The summed E-state index contributed by atoms with van der Waals surface area (Å²) < 4.78 is 0. The molecule has 0 fully saturated rings. The first kappa shape index (κ1) is 15.1. The summed E-state index contributed by atoms with van der Waals surface area (Å²) in [5, 5.41) is 14.4. The lowest BCUT2D eigenvalue weighted by Gasteiger charge is -2.12. The van der Waals surface area contributed by atoms with Crippen LogP contribution >= 0.6 is 11.3 Å². The summed E-state index contributed by atoms with van der Waals surface area (Å²) >= 11 is 1.71. The van der Waals surface area contributed by atoms with Crippen LogP contribution < -0.4 is 5.32 Å². The molecule has 0 aliphatic heterocycles. The summed E-state index contributed by atoms with van der Waals surface area (Å²) in [5.41, 5.74) is 3.80. The van der Waals surface area contributed by atoms with Crippen LogP contribution in [0.3, 0.4) is 0 Å². The number of hydrogen-bond acceptors (Lipinski definition) is 4. The van der Waals surface area contributed by atoms with Gasteiger partial charge in [-0.05, 0) is 44.4 Å². The Balaban J connectivity index is 2.26.